The summed E-state index contributed by atoms with van der Waals surface area (Å²) in [7, 11) is 0. The van der Waals surface area contributed by atoms with Crippen LogP contribution in [0, 0.1) is 18.8 Å². The average Bonchev–Trinajstić information content (AvgIpc) is 3.60. The Morgan fingerprint density at radius 1 is 1.03 bits per heavy atom. The summed E-state index contributed by atoms with van der Waals surface area (Å²) in [5, 5.41) is 0. The lowest BCUT2D eigenvalue weighted by Crippen LogP contribution is -2.45. The molecule has 3 atom stereocenters. The number of carbonyl (C=O) groups is 1. The molecule has 1 amide bonds. The van der Waals surface area contributed by atoms with Crippen molar-refractivity contribution >= 4 is 5.91 Å². The van der Waals surface area contributed by atoms with E-state index >= 15 is 0 Å². The van der Waals surface area contributed by atoms with E-state index in [2.05, 4.69) is 24.9 Å². The number of likely N-dealkylation sites (tertiary alicyclic amines) is 1. The highest BCUT2D eigenvalue weighted by Gasteiger charge is 2.47. The van der Waals surface area contributed by atoms with Gasteiger partial charge >= 0.3 is 6.18 Å². The zero-order valence-electron chi connectivity index (χ0n) is 18.5. The summed E-state index contributed by atoms with van der Waals surface area (Å²) in [5.41, 5.74) is 1.90. The Hall–Kier alpha value is -3.43. The van der Waals surface area contributed by atoms with Crippen molar-refractivity contribution in [3.8, 4) is 11.4 Å². The Morgan fingerprint density at radius 3 is 2.59 bits per heavy atom. The van der Waals surface area contributed by atoms with Crippen LogP contribution in [0.4, 0.5) is 13.2 Å². The molecule has 4 heterocycles. The molecule has 0 bridgehead atoms. The summed E-state index contributed by atoms with van der Waals surface area (Å²) in [4.78, 5) is 35.7. The van der Waals surface area contributed by atoms with Crippen LogP contribution in [0.1, 0.15) is 47.0 Å². The molecule has 1 saturated heterocycles. The number of alkyl halides is 3. The number of amides is 1. The van der Waals surface area contributed by atoms with Crippen LogP contribution in [-0.4, -0.2) is 48.3 Å². The van der Waals surface area contributed by atoms with E-state index in [1.165, 1.54) is 6.07 Å². The topological polar surface area (TPSA) is 84.8 Å². The number of rotatable bonds is 5. The highest BCUT2D eigenvalue weighted by Crippen LogP contribution is 2.48. The second-order valence-corrected chi connectivity index (χ2v) is 8.93. The van der Waals surface area contributed by atoms with E-state index in [-0.39, 0.29) is 11.9 Å². The van der Waals surface area contributed by atoms with Gasteiger partial charge in [0.05, 0.1) is 5.56 Å². The highest BCUT2D eigenvalue weighted by atomic mass is 19.4. The van der Waals surface area contributed by atoms with Crippen molar-refractivity contribution in [2.75, 3.05) is 6.54 Å². The minimum Gasteiger partial charge on any atom is -0.334 e. The van der Waals surface area contributed by atoms with Gasteiger partial charge < -0.3 is 4.90 Å². The normalized spacial score (nSPS) is 21.8. The first-order valence-corrected chi connectivity index (χ1v) is 11.2. The molecule has 7 nitrogen and oxygen atoms in total. The smallest absolute Gasteiger partial charge is 0.334 e. The van der Waals surface area contributed by atoms with E-state index in [1.807, 2.05) is 24.0 Å². The number of aryl methyl sites for hydroxylation is 2. The van der Waals surface area contributed by atoms with Crippen molar-refractivity contribution in [2.24, 2.45) is 11.8 Å². The van der Waals surface area contributed by atoms with E-state index < -0.39 is 12.0 Å². The monoisotopic (exact) mass is 468 g/mol. The Labute approximate surface area is 194 Å². The van der Waals surface area contributed by atoms with Gasteiger partial charge in [0.1, 0.15) is 5.69 Å². The van der Waals surface area contributed by atoms with Gasteiger partial charge in [-0.3, -0.25) is 4.79 Å². The number of hydrogen-bond acceptors (Lipinski definition) is 6. The van der Waals surface area contributed by atoms with Gasteiger partial charge in [0, 0.05) is 42.6 Å². The zero-order valence-corrected chi connectivity index (χ0v) is 18.5. The van der Waals surface area contributed by atoms with Gasteiger partial charge in [-0.1, -0.05) is 0 Å². The average molecular weight is 468 g/mol. The third-order valence-electron chi connectivity index (χ3n) is 6.52. The van der Waals surface area contributed by atoms with E-state index in [4.69, 9.17) is 0 Å². The van der Waals surface area contributed by atoms with Gasteiger partial charge in [-0.05, 0) is 68.7 Å². The highest BCUT2D eigenvalue weighted by molar-refractivity contribution is 5.98. The molecule has 2 fully saturated rings. The van der Waals surface area contributed by atoms with Crippen LogP contribution >= 0.6 is 0 Å². The van der Waals surface area contributed by atoms with E-state index in [0.717, 1.165) is 19.0 Å². The van der Waals surface area contributed by atoms with Crippen molar-refractivity contribution < 1.29 is 18.0 Å². The second-order valence-electron chi connectivity index (χ2n) is 8.93. The summed E-state index contributed by atoms with van der Waals surface area (Å²) in [6.07, 6.45) is 2.53. The zero-order chi connectivity index (χ0) is 23.9. The number of pyridine rings is 1. The minimum atomic E-state index is -4.59. The summed E-state index contributed by atoms with van der Waals surface area (Å²) in [5.74, 6) is 0.127. The lowest BCUT2D eigenvalue weighted by Gasteiger charge is -2.35. The summed E-state index contributed by atoms with van der Waals surface area (Å²) in [6, 6.07) is 6.73. The SMILES string of the molecule is Cc1ccc(-c2ncccn2)c(C(=O)N2CC3CC3CC2CCc2ccnc(C(F)(F)F)n2)n1. The fraction of sp³-hybridized carbons (Fsp3) is 0.417. The molecule has 0 spiro atoms. The number of piperidine rings is 1. The number of fused-ring (bicyclic) bond motifs is 1. The van der Waals surface area contributed by atoms with Crippen LogP contribution in [0.2, 0.25) is 0 Å². The summed E-state index contributed by atoms with van der Waals surface area (Å²) >= 11 is 0. The maximum atomic E-state index is 13.8. The molecule has 0 N–H and O–H groups in total. The largest absolute Gasteiger partial charge is 0.451 e. The molecular weight excluding hydrogens is 445 g/mol. The molecular formula is C24H23F3N6O. The van der Waals surface area contributed by atoms with Crippen LogP contribution in [0.5, 0.6) is 0 Å². The second kappa shape index (κ2) is 8.73. The molecule has 3 unspecified atom stereocenters. The van der Waals surface area contributed by atoms with Crippen molar-refractivity contribution in [2.45, 2.75) is 44.8 Å². The van der Waals surface area contributed by atoms with Crippen LogP contribution in [-0.2, 0) is 12.6 Å². The molecule has 0 radical (unpaired) electrons. The fourth-order valence-corrected chi connectivity index (χ4v) is 4.68. The maximum absolute atomic E-state index is 13.8. The Balaban J connectivity index is 1.40. The Kier molecular flexibility index (Phi) is 5.75. The molecule has 1 aliphatic heterocycles. The van der Waals surface area contributed by atoms with Crippen molar-refractivity contribution in [1.29, 1.82) is 0 Å². The Bertz CT molecular complexity index is 1200. The van der Waals surface area contributed by atoms with Crippen molar-refractivity contribution in [3.63, 3.8) is 0 Å². The van der Waals surface area contributed by atoms with Crippen LogP contribution in [0.25, 0.3) is 11.4 Å². The summed E-state index contributed by atoms with van der Waals surface area (Å²) < 4.78 is 39.0. The van der Waals surface area contributed by atoms with Crippen LogP contribution < -0.4 is 0 Å². The molecule has 2 aliphatic rings. The van der Waals surface area contributed by atoms with Gasteiger partial charge in [-0.25, -0.2) is 24.9 Å². The quantitative estimate of drug-likeness (QED) is 0.560. The predicted molar refractivity (Wildman–Crippen MR) is 116 cm³/mol. The van der Waals surface area contributed by atoms with Gasteiger partial charge in [0.15, 0.2) is 5.82 Å². The van der Waals surface area contributed by atoms with Crippen LogP contribution in [0.15, 0.2) is 42.9 Å². The van der Waals surface area contributed by atoms with Gasteiger partial charge in [0.25, 0.3) is 5.91 Å². The molecule has 1 saturated carbocycles. The van der Waals surface area contributed by atoms with Gasteiger partial charge in [-0.15, -0.1) is 0 Å². The lowest BCUT2D eigenvalue weighted by atomic mass is 9.96. The molecule has 176 valence electrons. The molecule has 0 aromatic carbocycles. The minimum absolute atomic E-state index is 0.104. The first-order valence-electron chi connectivity index (χ1n) is 11.2. The fourth-order valence-electron chi connectivity index (χ4n) is 4.68. The number of aromatic nitrogens is 5. The molecule has 3 aromatic heterocycles. The molecule has 1 aliphatic carbocycles. The van der Waals surface area contributed by atoms with Gasteiger partial charge in [-0.2, -0.15) is 13.2 Å². The molecule has 10 heteroatoms. The Morgan fingerprint density at radius 2 is 1.82 bits per heavy atom. The predicted octanol–water partition coefficient (Wildman–Crippen LogP) is 4.14. The van der Waals surface area contributed by atoms with Crippen molar-refractivity contribution in [3.05, 3.63) is 65.8 Å². The first kappa shape index (κ1) is 22.4. The molecule has 5 rings (SSSR count). The number of nitrogens with zero attached hydrogens (tertiary/aromatic N) is 6. The number of carbonyl (C=O) groups excluding carboxylic acids is 1. The van der Waals surface area contributed by atoms with Gasteiger partial charge in [0.2, 0.25) is 5.82 Å². The number of halogens is 3. The van der Waals surface area contributed by atoms with Crippen LogP contribution in [0.3, 0.4) is 0 Å². The third-order valence-corrected chi connectivity index (χ3v) is 6.52. The van der Waals surface area contributed by atoms with E-state index in [0.29, 0.717) is 59.7 Å². The summed E-state index contributed by atoms with van der Waals surface area (Å²) in [6.45, 7) is 2.45. The first-order chi connectivity index (χ1) is 16.3. The maximum Gasteiger partial charge on any atom is 0.451 e. The molecule has 3 aromatic rings. The van der Waals surface area contributed by atoms with E-state index in [9.17, 15) is 18.0 Å². The third kappa shape index (κ3) is 4.62. The van der Waals surface area contributed by atoms with E-state index in [1.54, 1.807) is 18.5 Å². The standard InChI is InChI=1S/C24H23F3N6O/c1-14-3-6-19(21-28-8-2-9-29-21)20(31-14)22(34)33-13-16-11-15(16)12-18(33)5-4-17-7-10-30-23(32-17)24(25,26)27/h2-3,6-10,15-16,18H,4-5,11-13H2,1H3. The number of hydrogen-bond donors (Lipinski definition) is 0. The molecule has 34 heavy (non-hydrogen) atoms. The lowest BCUT2D eigenvalue weighted by molar-refractivity contribution is -0.145. The van der Waals surface area contributed by atoms with Crippen molar-refractivity contribution in [1.82, 2.24) is 29.8 Å².